The first-order valence-electron chi connectivity index (χ1n) is 9.86. The van der Waals surface area contributed by atoms with Crippen LogP contribution in [-0.2, 0) is 14.8 Å². The molecule has 2 amide bonds. The Balaban J connectivity index is 1.51. The van der Waals surface area contributed by atoms with Crippen molar-refractivity contribution >= 4 is 50.1 Å². The summed E-state index contributed by atoms with van der Waals surface area (Å²) in [5.74, 6) is -1.13. The van der Waals surface area contributed by atoms with Gasteiger partial charge in [0.25, 0.3) is 21.8 Å². The van der Waals surface area contributed by atoms with E-state index in [-0.39, 0.29) is 21.5 Å². The number of thiazole rings is 1. The Hall–Kier alpha value is -4.22. The van der Waals surface area contributed by atoms with Crippen molar-refractivity contribution in [1.29, 1.82) is 0 Å². The molecule has 172 valence electrons. The van der Waals surface area contributed by atoms with Gasteiger partial charge in [-0.2, -0.15) is 0 Å². The fourth-order valence-corrected chi connectivity index (χ4v) is 4.62. The number of aromatic nitrogens is 1. The van der Waals surface area contributed by atoms with Gasteiger partial charge in [0.2, 0.25) is 0 Å². The summed E-state index contributed by atoms with van der Waals surface area (Å²) in [6.45, 7) is 0. The van der Waals surface area contributed by atoms with Crippen LogP contribution in [0.4, 0.5) is 10.8 Å². The molecule has 2 aromatic carbocycles. The molecule has 9 nitrogen and oxygen atoms in total. The van der Waals surface area contributed by atoms with E-state index in [9.17, 15) is 18.0 Å². The van der Waals surface area contributed by atoms with Gasteiger partial charge in [-0.3, -0.25) is 14.3 Å². The Labute approximate surface area is 199 Å². The Morgan fingerprint density at radius 2 is 1.74 bits per heavy atom. The number of nitrogens with one attached hydrogen (secondary N) is 3. The lowest BCUT2D eigenvalue weighted by molar-refractivity contribution is -0.113. The molecule has 0 radical (unpaired) electrons. The number of hydrogen-bond donors (Lipinski definition) is 3. The molecule has 0 aliphatic carbocycles. The molecule has 0 saturated heterocycles. The summed E-state index contributed by atoms with van der Waals surface area (Å²) < 4.78 is 32.4. The van der Waals surface area contributed by atoms with Gasteiger partial charge < -0.3 is 15.1 Å². The molecule has 0 unspecified atom stereocenters. The van der Waals surface area contributed by atoms with E-state index in [1.807, 2.05) is 6.07 Å². The van der Waals surface area contributed by atoms with E-state index in [1.165, 1.54) is 48.9 Å². The predicted octanol–water partition coefficient (Wildman–Crippen LogP) is 3.95. The number of sulfonamides is 1. The summed E-state index contributed by atoms with van der Waals surface area (Å²) in [5.41, 5.74) is 1.02. The molecule has 0 fully saturated rings. The number of rotatable bonds is 8. The number of benzene rings is 2. The molecule has 0 saturated carbocycles. The summed E-state index contributed by atoms with van der Waals surface area (Å²) in [6.07, 6.45) is 4.37. The van der Waals surface area contributed by atoms with Crippen LogP contribution >= 0.6 is 11.3 Å². The molecule has 0 bridgehead atoms. The van der Waals surface area contributed by atoms with Gasteiger partial charge >= 0.3 is 0 Å². The highest BCUT2D eigenvalue weighted by atomic mass is 32.2. The van der Waals surface area contributed by atoms with Gasteiger partial charge in [0.15, 0.2) is 10.9 Å². The molecule has 0 aliphatic rings. The van der Waals surface area contributed by atoms with Gasteiger partial charge in [-0.15, -0.1) is 11.3 Å². The minimum absolute atomic E-state index is 0.00636. The molecule has 4 rings (SSSR count). The molecule has 3 N–H and O–H groups in total. The number of nitrogens with zero attached hydrogens (tertiary/aromatic N) is 1. The molecule has 2 aromatic heterocycles. The first kappa shape index (κ1) is 23.0. The summed E-state index contributed by atoms with van der Waals surface area (Å²) >= 11 is 1.16. The van der Waals surface area contributed by atoms with E-state index in [0.717, 1.165) is 11.3 Å². The number of furan rings is 1. The summed E-state index contributed by atoms with van der Waals surface area (Å²) in [7, 11) is -3.82. The zero-order valence-electron chi connectivity index (χ0n) is 17.5. The number of amides is 2. The highest BCUT2D eigenvalue weighted by Gasteiger charge is 2.18. The third-order valence-electron chi connectivity index (χ3n) is 4.42. The van der Waals surface area contributed by atoms with Gasteiger partial charge in [0.1, 0.15) is 5.70 Å². The van der Waals surface area contributed by atoms with Crippen LogP contribution in [0.3, 0.4) is 0 Å². The monoisotopic (exact) mass is 494 g/mol. The SMILES string of the molecule is O=C(Nc1ccc(S(=O)(=O)Nc2nccs2)cc1)/C(=C/c1ccccc1)NC(=O)c1ccco1. The zero-order valence-corrected chi connectivity index (χ0v) is 19.1. The number of carbonyl (C=O) groups is 2. The molecular formula is C23H18N4O5S2. The maximum atomic E-state index is 13.0. The predicted molar refractivity (Wildman–Crippen MR) is 129 cm³/mol. The zero-order chi connectivity index (χ0) is 24.0. The molecule has 0 atom stereocenters. The van der Waals surface area contributed by atoms with Crippen LogP contribution < -0.4 is 15.4 Å². The van der Waals surface area contributed by atoms with E-state index in [2.05, 4.69) is 20.3 Å². The second-order valence-corrected chi connectivity index (χ2v) is 9.40. The van der Waals surface area contributed by atoms with Crippen LogP contribution in [0, 0.1) is 0 Å². The maximum absolute atomic E-state index is 13.0. The lowest BCUT2D eigenvalue weighted by Crippen LogP contribution is -2.30. The van der Waals surface area contributed by atoms with Crippen molar-refractivity contribution < 1.29 is 22.4 Å². The molecule has 0 spiro atoms. The summed E-state index contributed by atoms with van der Waals surface area (Å²) in [5, 5.41) is 7.12. The quantitative estimate of drug-likeness (QED) is 0.318. The highest BCUT2D eigenvalue weighted by molar-refractivity contribution is 7.93. The fourth-order valence-electron chi connectivity index (χ4n) is 2.83. The average Bonchev–Trinajstić information content (AvgIpc) is 3.54. The van der Waals surface area contributed by atoms with Crippen LogP contribution in [-0.4, -0.2) is 25.2 Å². The van der Waals surface area contributed by atoms with Crippen molar-refractivity contribution in [3.8, 4) is 0 Å². The van der Waals surface area contributed by atoms with Gasteiger partial charge in [0, 0.05) is 17.3 Å². The highest BCUT2D eigenvalue weighted by Crippen LogP contribution is 2.20. The van der Waals surface area contributed by atoms with E-state index < -0.39 is 21.8 Å². The van der Waals surface area contributed by atoms with Crippen LogP contribution in [0.5, 0.6) is 0 Å². The van der Waals surface area contributed by atoms with E-state index in [1.54, 1.807) is 35.7 Å². The summed E-state index contributed by atoms with van der Waals surface area (Å²) in [6, 6.07) is 17.6. The Morgan fingerprint density at radius 3 is 2.38 bits per heavy atom. The second kappa shape index (κ2) is 10.1. The first-order valence-corrected chi connectivity index (χ1v) is 12.2. The number of anilines is 2. The molecular weight excluding hydrogens is 476 g/mol. The minimum atomic E-state index is -3.82. The van der Waals surface area contributed by atoms with Crippen molar-refractivity contribution in [2.24, 2.45) is 0 Å². The first-order chi connectivity index (χ1) is 16.4. The maximum Gasteiger partial charge on any atom is 0.291 e. The largest absolute Gasteiger partial charge is 0.459 e. The smallest absolute Gasteiger partial charge is 0.291 e. The molecule has 34 heavy (non-hydrogen) atoms. The van der Waals surface area contributed by atoms with E-state index >= 15 is 0 Å². The van der Waals surface area contributed by atoms with Gasteiger partial charge in [-0.1, -0.05) is 30.3 Å². The number of carbonyl (C=O) groups excluding carboxylic acids is 2. The second-order valence-electron chi connectivity index (χ2n) is 6.82. The van der Waals surface area contributed by atoms with Crippen molar-refractivity contribution in [3.05, 3.63) is 102 Å². The van der Waals surface area contributed by atoms with E-state index in [4.69, 9.17) is 4.42 Å². The standard InChI is InChI=1S/C23H18N4O5S2/c28-21(19(15-16-5-2-1-3-6-16)26-22(29)20-7-4-13-32-20)25-17-8-10-18(11-9-17)34(30,31)27-23-24-12-14-33-23/h1-15H,(H,24,27)(H,25,28)(H,26,29)/b19-15-. The third kappa shape index (κ3) is 5.77. The topological polar surface area (TPSA) is 130 Å². The van der Waals surface area contributed by atoms with Crippen molar-refractivity contribution in [2.75, 3.05) is 10.0 Å². The molecule has 11 heteroatoms. The minimum Gasteiger partial charge on any atom is -0.459 e. The Kier molecular flexibility index (Phi) is 6.85. The van der Waals surface area contributed by atoms with Gasteiger partial charge in [0.05, 0.1) is 11.2 Å². The van der Waals surface area contributed by atoms with E-state index in [0.29, 0.717) is 11.3 Å². The average molecular weight is 495 g/mol. The van der Waals surface area contributed by atoms with Gasteiger partial charge in [-0.05, 0) is 48.0 Å². The third-order valence-corrected chi connectivity index (χ3v) is 6.60. The van der Waals surface area contributed by atoms with Crippen LogP contribution in [0.15, 0.2) is 99.6 Å². The van der Waals surface area contributed by atoms with Crippen molar-refractivity contribution in [3.63, 3.8) is 0 Å². The van der Waals surface area contributed by atoms with Gasteiger partial charge in [-0.25, -0.2) is 13.4 Å². The molecule has 0 aliphatic heterocycles. The Bertz CT molecular complexity index is 1400. The molecule has 2 heterocycles. The van der Waals surface area contributed by atoms with Crippen LogP contribution in [0.25, 0.3) is 6.08 Å². The van der Waals surface area contributed by atoms with Crippen LogP contribution in [0.1, 0.15) is 16.1 Å². The fraction of sp³-hybridized carbons (Fsp3) is 0. The summed E-state index contributed by atoms with van der Waals surface area (Å²) in [4.78, 5) is 29.3. The number of hydrogen-bond acceptors (Lipinski definition) is 7. The van der Waals surface area contributed by atoms with Crippen molar-refractivity contribution in [1.82, 2.24) is 10.3 Å². The normalized spacial score (nSPS) is 11.6. The lowest BCUT2D eigenvalue weighted by atomic mass is 10.2. The molecule has 4 aromatic rings. The van der Waals surface area contributed by atoms with Crippen LogP contribution in [0.2, 0.25) is 0 Å². The Morgan fingerprint density at radius 1 is 0.971 bits per heavy atom. The van der Waals surface area contributed by atoms with Crippen molar-refractivity contribution in [2.45, 2.75) is 4.90 Å². The lowest BCUT2D eigenvalue weighted by Gasteiger charge is -2.11.